The molecule has 0 amide bonds. The van der Waals surface area contributed by atoms with Crippen molar-refractivity contribution < 1.29 is 0 Å². The van der Waals surface area contributed by atoms with Crippen molar-refractivity contribution in [2.45, 2.75) is 63.7 Å². The van der Waals surface area contributed by atoms with Crippen molar-refractivity contribution >= 4 is 11.5 Å². The lowest BCUT2D eigenvalue weighted by atomic mass is 9.69. The lowest BCUT2D eigenvalue weighted by Crippen LogP contribution is -2.39. The molecule has 2 nitrogen and oxygen atoms in total. The number of benzene rings is 1. The first-order valence-electron chi connectivity index (χ1n) is 7.84. The van der Waals surface area contributed by atoms with Crippen LogP contribution in [0.15, 0.2) is 18.2 Å². The topological polar surface area (TPSA) is 27.1 Å². The Morgan fingerprint density at radius 3 is 2.35 bits per heavy atom. The highest BCUT2D eigenvalue weighted by Crippen LogP contribution is 2.50. The maximum absolute atomic E-state index is 8.64. The first kappa shape index (κ1) is 13.7. The molecule has 1 aliphatic heterocycles. The van der Waals surface area contributed by atoms with Crippen LogP contribution in [0, 0.1) is 5.41 Å². The summed E-state index contributed by atoms with van der Waals surface area (Å²) in [5.41, 5.74) is 4.24. The molecule has 1 saturated carbocycles. The van der Waals surface area contributed by atoms with Crippen molar-refractivity contribution in [2.75, 3.05) is 11.9 Å². The van der Waals surface area contributed by atoms with Gasteiger partial charge in [-0.3, -0.25) is 5.41 Å². The van der Waals surface area contributed by atoms with Crippen LogP contribution in [-0.2, 0) is 10.8 Å². The molecule has 2 aliphatic rings. The second-order valence-corrected chi connectivity index (χ2v) is 7.53. The Morgan fingerprint density at radius 2 is 1.75 bits per heavy atom. The standard InChI is InChI=1S/C18H26N2/c1-17(2,3)13-8-9-15-14(12-13)18(16(19)20(15)4)10-6-5-7-11-18/h8-9,12,19H,5-7,10-11H2,1-4H3. The van der Waals surface area contributed by atoms with E-state index >= 15 is 0 Å². The van der Waals surface area contributed by atoms with E-state index in [9.17, 15) is 0 Å². The number of nitrogens with zero attached hydrogens (tertiary/aromatic N) is 1. The predicted octanol–water partition coefficient (Wildman–Crippen LogP) is 4.61. The molecule has 0 bridgehead atoms. The Kier molecular flexibility index (Phi) is 2.97. The molecule has 0 aromatic heterocycles. The van der Waals surface area contributed by atoms with Gasteiger partial charge in [0.1, 0.15) is 5.84 Å². The van der Waals surface area contributed by atoms with Gasteiger partial charge in [0.25, 0.3) is 0 Å². The normalized spacial score (nSPS) is 21.4. The summed E-state index contributed by atoms with van der Waals surface area (Å²) in [5, 5.41) is 8.64. The van der Waals surface area contributed by atoms with Crippen molar-refractivity contribution in [3.63, 3.8) is 0 Å². The summed E-state index contributed by atoms with van der Waals surface area (Å²) in [6.07, 6.45) is 6.14. The van der Waals surface area contributed by atoms with Gasteiger partial charge < -0.3 is 4.90 Å². The van der Waals surface area contributed by atoms with Crippen molar-refractivity contribution in [2.24, 2.45) is 0 Å². The molecular weight excluding hydrogens is 244 g/mol. The molecule has 1 aromatic rings. The monoisotopic (exact) mass is 270 g/mol. The molecule has 0 unspecified atom stereocenters. The Bertz CT molecular complexity index is 545. The highest BCUT2D eigenvalue weighted by Gasteiger charge is 2.47. The zero-order valence-electron chi connectivity index (χ0n) is 13.2. The third-order valence-electron chi connectivity index (χ3n) is 5.24. The van der Waals surface area contributed by atoms with Gasteiger partial charge in [0.05, 0.1) is 5.41 Å². The molecule has 1 aromatic carbocycles. The van der Waals surface area contributed by atoms with Crippen LogP contribution in [0.4, 0.5) is 5.69 Å². The molecule has 1 fully saturated rings. The van der Waals surface area contributed by atoms with E-state index in [0.29, 0.717) is 0 Å². The van der Waals surface area contributed by atoms with Crippen LogP contribution in [0.1, 0.15) is 64.0 Å². The molecule has 0 saturated heterocycles. The van der Waals surface area contributed by atoms with Gasteiger partial charge in [-0.05, 0) is 35.4 Å². The van der Waals surface area contributed by atoms with Crippen LogP contribution < -0.4 is 4.90 Å². The summed E-state index contributed by atoms with van der Waals surface area (Å²) in [5.74, 6) is 0.818. The Morgan fingerprint density at radius 1 is 1.10 bits per heavy atom. The molecule has 2 heteroatoms. The van der Waals surface area contributed by atoms with E-state index in [-0.39, 0.29) is 10.8 Å². The Labute approximate surface area is 122 Å². The van der Waals surface area contributed by atoms with Gasteiger partial charge in [-0.1, -0.05) is 52.2 Å². The predicted molar refractivity (Wildman–Crippen MR) is 86.0 cm³/mol. The molecule has 1 N–H and O–H groups in total. The smallest absolute Gasteiger partial charge is 0.111 e. The number of amidine groups is 1. The highest BCUT2D eigenvalue weighted by molar-refractivity contribution is 6.09. The minimum Gasteiger partial charge on any atom is -0.332 e. The molecule has 20 heavy (non-hydrogen) atoms. The van der Waals surface area contributed by atoms with E-state index in [1.807, 2.05) is 0 Å². The number of likely N-dealkylation sites (N-methyl/N-ethyl adjacent to an activating group) is 1. The van der Waals surface area contributed by atoms with Crippen LogP contribution >= 0.6 is 0 Å². The fraction of sp³-hybridized carbons (Fsp3) is 0.611. The van der Waals surface area contributed by atoms with E-state index in [1.54, 1.807) is 0 Å². The van der Waals surface area contributed by atoms with Crippen LogP contribution in [0.5, 0.6) is 0 Å². The van der Waals surface area contributed by atoms with Crippen molar-refractivity contribution in [3.8, 4) is 0 Å². The quantitative estimate of drug-likeness (QED) is 0.732. The fourth-order valence-electron chi connectivity index (χ4n) is 3.91. The van der Waals surface area contributed by atoms with Gasteiger partial charge in [0.15, 0.2) is 0 Å². The number of rotatable bonds is 0. The zero-order valence-corrected chi connectivity index (χ0v) is 13.2. The van der Waals surface area contributed by atoms with Gasteiger partial charge in [-0.2, -0.15) is 0 Å². The zero-order chi connectivity index (χ0) is 14.5. The van der Waals surface area contributed by atoms with E-state index in [0.717, 1.165) is 18.7 Å². The largest absolute Gasteiger partial charge is 0.332 e. The van der Waals surface area contributed by atoms with Gasteiger partial charge in [0, 0.05) is 12.7 Å². The number of hydrogen-bond acceptors (Lipinski definition) is 1. The lowest BCUT2D eigenvalue weighted by Gasteiger charge is -2.34. The maximum atomic E-state index is 8.64. The molecule has 3 rings (SSSR count). The summed E-state index contributed by atoms with van der Waals surface area (Å²) in [4.78, 5) is 2.10. The van der Waals surface area contributed by atoms with Gasteiger partial charge in [-0.15, -0.1) is 0 Å². The van der Waals surface area contributed by atoms with Gasteiger partial charge in [0.2, 0.25) is 0 Å². The fourth-order valence-corrected chi connectivity index (χ4v) is 3.91. The Hall–Kier alpha value is -1.31. The molecule has 0 atom stereocenters. The second-order valence-electron chi connectivity index (χ2n) is 7.53. The number of hydrogen-bond donors (Lipinski definition) is 1. The average Bonchev–Trinajstić information content (AvgIpc) is 2.62. The molecule has 108 valence electrons. The first-order valence-corrected chi connectivity index (χ1v) is 7.84. The van der Waals surface area contributed by atoms with Crippen LogP contribution in [0.3, 0.4) is 0 Å². The van der Waals surface area contributed by atoms with Crippen LogP contribution in [-0.4, -0.2) is 12.9 Å². The van der Waals surface area contributed by atoms with Crippen LogP contribution in [0.2, 0.25) is 0 Å². The molecule has 1 spiro atoms. The van der Waals surface area contributed by atoms with E-state index in [2.05, 4.69) is 50.9 Å². The van der Waals surface area contributed by atoms with Crippen LogP contribution in [0.25, 0.3) is 0 Å². The van der Waals surface area contributed by atoms with Gasteiger partial charge in [-0.25, -0.2) is 0 Å². The summed E-state index contributed by atoms with van der Waals surface area (Å²) < 4.78 is 0. The van der Waals surface area contributed by atoms with Crippen molar-refractivity contribution in [3.05, 3.63) is 29.3 Å². The number of fused-ring (bicyclic) bond motifs is 2. The number of anilines is 1. The molecule has 1 aliphatic carbocycles. The number of nitrogens with one attached hydrogen (secondary N) is 1. The third kappa shape index (κ3) is 1.81. The van der Waals surface area contributed by atoms with E-state index in [1.165, 1.54) is 36.1 Å². The van der Waals surface area contributed by atoms with Crippen molar-refractivity contribution in [1.82, 2.24) is 0 Å². The average molecular weight is 270 g/mol. The summed E-state index contributed by atoms with van der Waals surface area (Å²) >= 11 is 0. The minimum absolute atomic E-state index is 0.00356. The molecule has 1 heterocycles. The molecule has 0 radical (unpaired) electrons. The lowest BCUT2D eigenvalue weighted by molar-refractivity contribution is 0.383. The first-order chi connectivity index (χ1) is 9.36. The molecular formula is C18H26N2. The summed E-state index contributed by atoms with van der Waals surface area (Å²) in [6.45, 7) is 6.81. The SMILES string of the molecule is CN1C(=N)C2(CCCCC2)c2cc(C(C)(C)C)ccc21. The highest BCUT2D eigenvalue weighted by atomic mass is 15.2. The second kappa shape index (κ2) is 4.34. The summed E-state index contributed by atoms with van der Waals surface area (Å²) in [6, 6.07) is 6.86. The van der Waals surface area contributed by atoms with E-state index < -0.39 is 0 Å². The maximum Gasteiger partial charge on any atom is 0.111 e. The summed E-state index contributed by atoms with van der Waals surface area (Å²) in [7, 11) is 2.06. The third-order valence-corrected chi connectivity index (χ3v) is 5.24. The van der Waals surface area contributed by atoms with Crippen molar-refractivity contribution in [1.29, 1.82) is 5.41 Å². The minimum atomic E-state index is 0.00356. The van der Waals surface area contributed by atoms with Gasteiger partial charge >= 0.3 is 0 Å². The van der Waals surface area contributed by atoms with E-state index in [4.69, 9.17) is 5.41 Å². The Balaban J connectivity index is 2.16.